The minimum Gasteiger partial charge on any atom is -0.496 e. The number of rotatable bonds is 4. The van der Waals surface area contributed by atoms with Crippen molar-refractivity contribution in [2.75, 3.05) is 7.11 Å². The van der Waals surface area contributed by atoms with Gasteiger partial charge in [0.2, 0.25) is 9.05 Å². The molecule has 0 amide bonds. The van der Waals surface area contributed by atoms with E-state index < -0.39 is 9.05 Å². The lowest BCUT2D eigenvalue weighted by Gasteiger charge is -2.18. The second kappa shape index (κ2) is 5.68. The van der Waals surface area contributed by atoms with Crippen molar-refractivity contribution >= 4 is 31.3 Å². The second-order valence-electron chi connectivity index (χ2n) is 4.42. The van der Waals surface area contributed by atoms with Crippen LogP contribution in [0.3, 0.4) is 0 Å². The van der Waals surface area contributed by atoms with Crippen molar-refractivity contribution in [3.05, 3.63) is 27.8 Å². The van der Waals surface area contributed by atoms with E-state index in [1.165, 1.54) is 7.11 Å². The van der Waals surface area contributed by atoms with Crippen molar-refractivity contribution < 1.29 is 13.2 Å². The van der Waals surface area contributed by atoms with Crippen LogP contribution in [0.5, 0.6) is 5.75 Å². The predicted molar refractivity (Wildman–Crippen MR) is 75.3 cm³/mol. The molecule has 1 rings (SSSR count). The average molecular weight is 311 g/mol. The third kappa shape index (κ3) is 3.53. The van der Waals surface area contributed by atoms with Crippen LogP contribution in [0.25, 0.3) is 0 Å². The maximum atomic E-state index is 11.3. The predicted octanol–water partition coefficient (Wildman–Crippen LogP) is 3.85. The van der Waals surface area contributed by atoms with Gasteiger partial charge in [-0.3, -0.25) is 0 Å². The molecule has 0 atom stereocenters. The van der Waals surface area contributed by atoms with Crippen LogP contribution in [0.15, 0.2) is 6.07 Å². The highest BCUT2D eigenvalue weighted by Gasteiger charge is 2.21. The largest absolute Gasteiger partial charge is 0.496 e. The molecule has 0 fully saturated rings. The Morgan fingerprint density at radius 1 is 1.39 bits per heavy atom. The molecule has 0 saturated heterocycles. The van der Waals surface area contributed by atoms with Gasteiger partial charge >= 0.3 is 0 Å². The molecule has 1 aromatic rings. The van der Waals surface area contributed by atoms with Crippen LogP contribution >= 0.6 is 22.3 Å². The molecule has 102 valence electrons. The Kier molecular flexibility index (Phi) is 4.92. The van der Waals surface area contributed by atoms with Crippen LogP contribution in [0.4, 0.5) is 0 Å². The molecule has 0 bridgehead atoms. The Balaban J connectivity index is 3.55. The van der Waals surface area contributed by atoms with Gasteiger partial charge < -0.3 is 4.74 Å². The molecule has 18 heavy (non-hydrogen) atoms. The molecular formula is C12H16Cl2O3S. The van der Waals surface area contributed by atoms with E-state index in [1.807, 2.05) is 19.9 Å². The lowest BCUT2D eigenvalue weighted by Crippen LogP contribution is -2.05. The van der Waals surface area contributed by atoms with Crippen molar-refractivity contribution in [3.8, 4) is 5.75 Å². The van der Waals surface area contributed by atoms with Crippen LogP contribution in [0, 0.1) is 6.92 Å². The highest BCUT2D eigenvalue weighted by molar-refractivity contribution is 8.13. The molecule has 6 heteroatoms. The summed E-state index contributed by atoms with van der Waals surface area (Å²) < 4.78 is 27.9. The quantitative estimate of drug-likeness (QED) is 0.793. The summed E-state index contributed by atoms with van der Waals surface area (Å²) in [5, 5.41) is 0.523. The van der Waals surface area contributed by atoms with Crippen molar-refractivity contribution in [2.24, 2.45) is 0 Å². The van der Waals surface area contributed by atoms with E-state index in [0.717, 1.165) is 5.56 Å². The van der Waals surface area contributed by atoms with Gasteiger partial charge in [0.15, 0.2) is 0 Å². The Hall–Kier alpha value is -0.450. The minimum absolute atomic E-state index is 0.176. The van der Waals surface area contributed by atoms with Crippen molar-refractivity contribution in [1.29, 1.82) is 0 Å². The molecule has 3 nitrogen and oxygen atoms in total. The standard InChI is InChI=1S/C12H16Cl2O3S/c1-7(2)9-5-11(13)8(3)10(12(9)17-4)6-18(14,15)16/h5,7H,6H2,1-4H3. The number of halogens is 2. The molecule has 0 aliphatic heterocycles. The third-order valence-electron chi connectivity index (χ3n) is 2.77. The molecule has 0 unspecified atom stereocenters. The van der Waals surface area contributed by atoms with Gasteiger partial charge in [0.25, 0.3) is 0 Å². The SMILES string of the molecule is COc1c(C(C)C)cc(Cl)c(C)c1CS(=O)(=O)Cl. The van der Waals surface area contributed by atoms with Crippen LogP contribution < -0.4 is 4.74 Å². The maximum absolute atomic E-state index is 11.3. The van der Waals surface area contributed by atoms with Crippen LogP contribution in [-0.2, 0) is 14.8 Å². The van der Waals surface area contributed by atoms with E-state index in [9.17, 15) is 8.42 Å². The first kappa shape index (κ1) is 15.6. The fourth-order valence-corrected chi connectivity index (χ4v) is 3.07. The van der Waals surface area contributed by atoms with Crippen molar-refractivity contribution in [1.82, 2.24) is 0 Å². The van der Waals surface area contributed by atoms with Gasteiger partial charge in [0.05, 0.1) is 12.9 Å². The first-order chi connectivity index (χ1) is 8.17. The second-order valence-corrected chi connectivity index (χ2v) is 7.61. The Morgan fingerprint density at radius 2 is 1.94 bits per heavy atom. The van der Waals surface area contributed by atoms with Gasteiger partial charge in [0, 0.05) is 21.3 Å². The smallest absolute Gasteiger partial charge is 0.236 e. The zero-order valence-corrected chi connectivity index (χ0v) is 13.1. The van der Waals surface area contributed by atoms with Gasteiger partial charge in [-0.15, -0.1) is 0 Å². The summed E-state index contributed by atoms with van der Waals surface area (Å²) in [5.41, 5.74) is 2.09. The van der Waals surface area contributed by atoms with Gasteiger partial charge in [0.1, 0.15) is 5.75 Å². The van der Waals surface area contributed by atoms with Gasteiger partial charge in [-0.05, 0) is 30.0 Å². The lowest BCUT2D eigenvalue weighted by atomic mass is 9.96. The molecule has 1 aromatic carbocycles. The van der Waals surface area contributed by atoms with Crippen LogP contribution in [0.1, 0.15) is 36.5 Å². The van der Waals surface area contributed by atoms with E-state index in [1.54, 1.807) is 6.92 Å². The molecule has 0 aromatic heterocycles. The molecule has 0 saturated carbocycles. The third-order valence-corrected chi connectivity index (χ3v) is 4.13. The molecular weight excluding hydrogens is 295 g/mol. The molecule has 0 radical (unpaired) electrons. The van der Waals surface area contributed by atoms with E-state index in [4.69, 9.17) is 27.0 Å². The van der Waals surface area contributed by atoms with E-state index in [2.05, 4.69) is 0 Å². The maximum Gasteiger partial charge on any atom is 0.236 e. The number of benzene rings is 1. The zero-order chi connectivity index (χ0) is 14.1. The fourth-order valence-electron chi connectivity index (χ4n) is 1.82. The van der Waals surface area contributed by atoms with Gasteiger partial charge in [-0.1, -0.05) is 25.4 Å². The summed E-state index contributed by atoms with van der Waals surface area (Å²) in [6.45, 7) is 5.73. The van der Waals surface area contributed by atoms with Crippen molar-refractivity contribution in [2.45, 2.75) is 32.4 Å². The van der Waals surface area contributed by atoms with Gasteiger partial charge in [-0.25, -0.2) is 8.42 Å². The summed E-state index contributed by atoms with van der Waals surface area (Å²) in [6, 6.07) is 1.81. The van der Waals surface area contributed by atoms with Crippen LogP contribution in [-0.4, -0.2) is 15.5 Å². The number of methoxy groups -OCH3 is 1. The van der Waals surface area contributed by atoms with E-state index in [-0.39, 0.29) is 11.7 Å². The zero-order valence-electron chi connectivity index (χ0n) is 10.8. The number of hydrogen-bond donors (Lipinski definition) is 0. The first-order valence-corrected chi connectivity index (χ1v) is 8.31. The van der Waals surface area contributed by atoms with Crippen LogP contribution in [0.2, 0.25) is 5.02 Å². The Labute approximate surface area is 117 Å². The molecule has 0 spiro atoms. The molecule has 0 aliphatic rings. The summed E-state index contributed by atoms with van der Waals surface area (Å²) in [4.78, 5) is 0. The summed E-state index contributed by atoms with van der Waals surface area (Å²) in [5.74, 6) is 0.440. The lowest BCUT2D eigenvalue weighted by molar-refractivity contribution is 0.403. The monoisotopic (exact) mass is 310 g/mol. The highest BCUT2D eigenvalue weighted by Crippen LogP contribution is 2.37. The highest BCUT2D eigenvalue weighted by atomic mass is 35.7. The van der Waals surface area contributed by atoms with E-state index >= 15 is 0 Å². The summed E-state index contributed by atoms with van der Waals surface area (Å²) in [7, 11) is 3.18. The summed E-state index contributed by atoms with van der Waals surface area (Å²) in [6.07, 6.45) is 0. The minimum atomic E-state index is -3.66. The van der Waals surface area contributed by atoms with E-state index in [0.29, 0.717) is 21.9 Å². The van der Waals surface area contributed by atoms with Gasteiger partial charge in [-0.2, -0.15) is 0 Å². The molecule has 0 N–H and O–H groups in total. The normalized spacial score (nSPS) is 11.9. The summed E-state index contributed by atoms with van der Waals surface area (Å²) >= 11 is 6.13. The fraction of sp³-hybridized carbons (Fsp3) is 0.500. The Morgan fingerprint density at radius 3 is 2.33 bits per heavy atom. The number of ether oxygens (including phenoxy) is 1. The topological polar surface area (TPSA) is 43.4 Å². The molecule has 0 heterocycles. The Bertz CT molecular complexity index is 551. The van der Waals surface area contributed by atoms with Crippen molar-refractivity contribution in [3.63, 3.8) is 0 Å². The average Bonchev–Trinajstić information content (AvgIpc) is 2.22. The number of hydrogen-bond acceptors (Lipinski definition) is 3. The molecule has 0 aliphatic carbocycles. The first-order valence-electron chi connectivity index (χ1n) is 5.45.